The van der Waals surface area contributed by atoms with E-state index < -0.39 is 0 Å². The highest BCUT2D eigenvalue weighted by atomic mass is 16.5. The average molecular weight is 309 g/mol. The van der Waals surface area contributed by atoms with Gasteiger partial charge < -0.3 is 13.7 Å². The summed E-state index contributed by atoms with van der Waals surface area (Å²) in [5.41, 5.74) is 3.33. The quantitative estimate of drug-likeness (QED) is 0.667. The first kappa shape index (κ1) is 15.2. The van der Waals surface area contributed by atoms with Crippen molar-refractivity contribution in [3.63, 3.8) is 0 Å². The van der Waals surface area contributed by atoms with Crippen LogP contribution in [0.4, 0.5) is 0 Å². The number of aryl methyl sites for hydroxylation is 1. The van der Waals surface area contributed by atoms with Crippen LogP contribution in [-0.4, -0.2) is 17.5 Å². The number of benzene rings is 1. The molecule has 0 bridgehead atoms. The molecule has 0 unspecified atom stereocenters. The van der Waals surface area contributed by atoms with E-state index in [1.165, 1.54) is 19.6 Å². The van der Waals surface area contributed by atoms with Crippen LogP contribution in [0.25, 0.3) is 11.5 Å². The lowest BCUT2D eigenvalue weighted by Crippen LogP contribution is -1.94. The minimum absolute atomic E-state index is 0.146. The zero-order valence-electron chi connectivity index (χ0n) is 13.5. The predicted octanol–water partition coefficient (Wildman–Crippen LogP) is 4.09. The summed E-state index contributed by atoms with van der Waals surface area (Å²) in [6.45, 7) is 1.47. The Morgan fingerprint density at radius 3 is 2.57 bits per heavy atom. The third-order valence-corrected chi connectivity index (χ3v) is 3.86. The Kier molecular flexibility index (Phi) is 4.06. The van der Waals surface area contributed by atoms with Crippen molar-refractivity contribution in [1.29, 1.82) is 0 Å². The maximum atomic E-state index is 11.7. The number of methoxy groups -OCH3 is 1. The number of hydrogen-bond donors (Lipinski definition) is 0. The topological polar surface area (TPSA) is 44.4 Å². The van der Waals surface area contributed by atoms with Crippen LogP contribution in [0.5, 0.6) is 5.75 Å². The highest BCUT2D eigenvalue weighted by Gasteiger charge is 2.20. The molecule has 0 spiro atoms. The predicted molar refractivity (Wildman–Crippen MR) is 88.9 cm³/mol. The van der Waals surface area contributed by atoms with Crippen LogP contribution < -0.4 is 4.74 Å². The molecule has 0 saturated heterocycles. The highest BCUT2D eigenvalue weighted by Crippen LogP contribution is 2.34. The van der Waals surface area contributed by atoms with Gasteiger partial charge >= 0.3 is 0 Å². The molecule has 0 atom stereocenters. The van der Waals surface area contributed by atoms with E-state index >= 15 is 0 Å². The third kappa shape index (κ3) is 2.93. The number of Topliss-reactive ketones (excluding diaryl/α,β-unsaturated/α-hetero) is 1. The molecule has 3 aromatic rings. The molecule has 0 aliphatic heterocycles. The Balaban J connectivity index is 2.03. The van der Waals surface area contributed by atoms with Gasteiger partial charge in [0.25, 0.3) is 0 Å². The van der Waals surface area contributed by atoms with E-state index in [2.05, 4.69) is 18.2 Å². The molecule has 1 aromatic carbocycles. The summed E-state index contributed by atoms with van der Waals surface area (Å²) in [5, 5.41) is 0. The van der Waals surface area contributed by atoms with E-state index in [0.717, 1.165) is 17.7 Å². The molecule has 0 aliphatic rings. The Hall–Kier alpha value is -2.75. The molecular weight excluding hydrogens is 290 g/mol. The molecule has 0 fully saturated rings. The van der Waals surface area contributed by atoms with E-state index in [0.29, 0.717) is 11.5 Å². The van der Waals surface area contributed by atoms with Gasteiger partial charge in [0.15, 0.2) is 17.3 Å². The Morgan fingerprint density at radius 1 is 1.22 bits per heavy atom. The summed E-state index contributed by atoms with van der Waals surface area (Å²) in [6.07, 6.45) is 2.80. The van der Waals surface area contributed by atoms with Crippen molar-refractivity contribution in [3.05, 3.63) is 65.5 Å². The van der Waals surface area contributed by atoms with Gasteiger partial charge in [0.2, 0.25) is 5.76 Å². The summed E-state index contributed by atoms with van der Waals surface area (Å²) in [4.78, 5) is 11.7. The minimum Gasteiger partial charge on any atom is -0.493 e. The molecule has 2 heterocycles. The normalized spacial score (nSPS) is 10.7. The van der Waals surface area contributed by atoms with Gasteiger partial charge in [0.1, 0.15) is 0 Å². The Bertz CT molecular complexity index is 828. The van der Waals surface area contributed by atoms with Gasteiger partial charge in [-0.25, -0.2) is 0 Å². The van der Waals surface area contributed by atoms with Crippen molar-refractivity contribution >= 4 is 5.78 Å². The van der Waals surface area contributed by atoms with Crippen LogP contribution in [0.1, 0.15) is 28.6 Å². The summed E-state index contributed by atoms with van der Waals surface area (Å²) >= 11 is 0. The van der Waals surface area contributed by atoms with Crippen LogP contribution in [0.3, 0.4) is 0 Å². The van der Waals surface area contributed by atoms with Crippen molar-refractivity contribution in [2.24, 2.45) is 7.05 Å². The Labute approximate surface area is 135 Å². The van der Waals surface area contributed by atoms with Gasteiger partial charge in [0, 0.05) is 26.2 Å². The van der Waals surface area contributed by atoms with Crippen molar-refractivity contribution in [1.82, 2.24) is 4.57 Å². The second-order valence-electron chi connectivity index (χ2n) is 5.53. The molecular formula is C19H19NO3. The summed E-state index contributed by atoms with van der Waals surface area (Å²) in [7, 11) is 3.50. The van der Waals surface area contributed by atoms with Crippen LogP contribution in [0.2, 0.25) is 0 Å². The lowest BCUT2D eigenvalue weighted by molar-refractivity contribution is 0.0984. The first-order valence-corrected chi connectivity index (χ1v) is 7.47. The van der Waals surface area contributed by atoms with Gasteiger partial charge in [-0.3, -0.25) is 4.79 Å². The molecule has 4 heteroatoms. The summed E-state index contributed by atoms with van der Waals surface area (Å²) in [6, 6.07) is 14.1. The molecule has 118 valence electrons. The van der Waals surface area contributed by atoms with E-state index in [4.69, 9.17) is 9.15 Å². The van der Waals surface area contributed by atoms with Gasteiger partial charge in [-0.05, 0) is 23.6 Å². The van der Waals surface area contributed by atoms with Gasteiger partial charge in [0.05, 0.1) is 12.8 Å². The molecule has 2 aromatic heterocycles. The molecule has 0 saturated carbocycles. The monoisotopic (exact) mass is 309 g/mol. The number of aromatic nitrogens is 1. The minimum atomic E-state index is -0.146. The number of hydrogen-bond acceptors (Lipinski definition) is 3. The smallest absolute Gasteiger partial charge is 0.212 e. The molecule has 0 aliphatic carbocycles. The largest absolute Gasteiger partial charge is 0.493 e. The van der Waals surface area contributed by atoms with Crippen LogP contribution in [0, 0.1) is 0 Å². The van der Waals surface area contributed by atoms with Gasteiger partial charge in [-0.15, -0.1) is 0 Å². The lowest BCUT2D eigenvalue weighted by atomic mass is 10.0. The second kappa shape index (κ2) is 6.16. The number of carbonyl (C=O) groups is 1. The van der Waals surface area contributed by atoms with Crippen molar-refractivity contribution < 1.29 is 13.9 Å². The van der Waals surface area contributed by atoms with Gasteiger partial charge in [-0.1, -0.05) is 30.3 Å². The maximum absolute atomic E-state index is 11.7. The summed E-state index contributed by atoms with van der Waals surface area (Å²) < 4.78 is 13.0. The Morgan fingerprint density at radius 2 is 1.96 bits per heavy atom. The fraction of sp³-hybridized carbons (Fsp3) is 0.211. The van der Waals surface area contributed by atoms with Crippen LogP contribution >= 0.6 is 0 Å². The van der Waals surface area contributed by atoms with Crippen LogP contribution in [-0.2, 0) is 13.5 Å². The molecule has 4 nitrogen and oxygen atoms in total. The van der Waals surface area contributed by atoms with E-state index in [1.54, 1.807) is 6.07 Å². The number of ether oxygens (including phenoxy) is 1. The second-order valence-corrected chi connectivity index (χ2v) is 5.53. The van der Waals surface area contributed by atoms with Crippen molar-refractivity contribution in [2.45, 2.75) is 13.3 Å². The number of furan rings is 1. The zero-order chi connectivity index (χ0) is 16.4. The van der Waals surface area contributed by atoms with E-state index in [9.17, 15) is 4.79 Å². The van der Waals surface area contributed by atoms with Crippen molar-refractivity contribution in [2.75, 3.05) is 7.11 Å². The number of ketones is 1. The van der Waals surface area contributed by atoms with E-state index in [1.807, 2.05) is 36.0 Å². The number of carbonyl (C=O) groups excluding carboxylic acids is 1. The first-order valence-electron chi connectivity index (χ1n) is 7.47. The van der Waals surface area contributed by atoms with Crippen molar-refractivity contribution in [3.8, 4) is 17.2 Å². The average Bonchev–Trinajstić information content (AvgIpc) is 3.12. The number of nitrogens with zero attached hydrogens (tertiary/aromatic N) is 1. The molecule has 3 rings (SSSR count). The SMILES string of the molecule is COc1cc(-c2c(Cc3ccccc3)ccn2C)oc1C(C)=O. The third-order valence-electron chi connectivity index (χ3n) is 3.86. The molecule has 23 heavy (non-hydrogen) atoms. The van der Waals surface area contributed by atoms with Crippen LogP contribution in [0.15, 0.2) is 53.1 Å². The first-order chi connectivity index (χ1) is 11.1. The van der Waals surface area contributed by atoms with E-state index in [-0.39, 0.29) is 11.5 Å². The molecule has 0 amide bonds. The lowest BCUT2D eigenvalue weighted by Gasteiger charge is -2.05. The maximum Gasteiger partial charge on any atom is 0.212 e. The standard InChI is InChI=1S/C19H19NO3/c1-13(21)19-17(22-3)12-16(23-19)18-15(9-10-20(18)2)11-14-7-5-4-6-8-14/h4-10,12H,11H2,1-3H3. The fourth-order valence-electron chi connectivity index (χ4n) is 2.76. The fourth-order valence-corrected chi connectivity index (χ4v) is 2.76. The zero-order valence-corrected chi connectivity index (χ0v) is 13.5. The summed E-state index contributed by atoms with van der Waals surface area (Å²) in [5.74, 6) is 1.23. The molecule has 0 N–H and O–H groups in total. The highest BCUT2D eigenvalue weighted by molar-refractivity contribution is 5.94. The van der Waals surface area contributed by atoms with Gasteiger partial charge in [-0.2, -0.15) is 0 Å². The number of rotatable bonds is 5. The molecule has 0 radical (unpaired) electrons.